The van der Waals surface area contributed by atoms with E-state index in [2.05, 4.69) is 67.8 Å². The molecule has 1 saturated heterocycles. The van der Waals surface area contributed by atoms with Crippen molar-refractivity contribution in [3.8, 4) is 0 Å². The fraction of sp³-hybridized carbons (Fsp3) is 0.768. The summed E-state index contributed by atoms with van der Waals surface area (Å²) < 4.78 is 11.2. The Hall–Kier alpha value is -2.37. The molecule has 0 spiro atoms. The molecule has 0 aliphatic carbocycles. The van der Waals surface area contributed by atoms with Crippen LogP contribution in [0.15, 0.2) is 72.9 Å². The second kappa shape index (κ2) is 45.4. The van der Waals surface area contributed by atoms with Crippen LogP contribution in [0.4, 0.5) is 0 Å². The van der Waals surface area contributed by atoms with Gasteiger partial charge in [0.1, 0.15) is 24.4 Å². The lowest BCUT2D eigenvalue weighted by atomic mass is 9.99. The molecular formula is C56H99NO8. The summed E-state index contributed by atoms with van der Waals surface area (Å²) in [6.45, 7) is 3.61. The fourth-order valence-corrected chi connectivity index (χ4v) is 8.11. The molecule has 7 unspecified atom stereocenters. The van der Waals surface area contributed by atoms with Crippen molar-refractivity contribution in [3.63, 3.8) is 0 Å². The summed E-state index contributed by atoms with van der Waals surface area (Å²) in [6, 6.07) is -0.863. The number of amides is 1. The van der Waals surface area contributed by atoms with Gasteiger partial charge in [-0.1, -0.05) is 241 Å². The monoisotopic (exact) mass is 914 g/mol. The van der Waals surface area contributed by atoms with Crippen LogP contribution in [0.1, 0.15) is 219 Å². The van der Waals surface area contributed by atoms with Crippen LogP contribution >= 0.6 is 0 Å². The van der Waals surface area contributed by atoms with Gasteiger partial charge in [-0.2, -0.15) is 0 Å². The van der Waals surface area contributed by atoms with Gasteiger partial charge in [-0.3, -0.25) is 4.79 Å². The van der Waals surface area contributed by atoms with Gasteiger partial charge < -0.3 is 40.3 Å². The predicted octanol–water partition coefficient (Wildman–Crippen LogP) is 12.5. The molecule has 1 aliphatic heterocycles. The van der Waals surface area contributed by atoms with E-state index in [1.165, 1.54) is 148 Å². The van der Waals surface area contributed by atoms with Crippen LogP contribution in [0, 0.1) is 0 Å². The average Bonchev–Trinajstić information content (AvgIpc) is 3.31. The summed E-state index contributed by atoms with van der Waals surface area (Å²) in [5.74, 6) is -0.304. The second-order valence-electron chi connectivity index (χ2n) is 18.3. The Morgan fingerprint density at radius 1 is 0.538 bits per heavy atom. The first kappa shape index (κ1) is 60.6. The quantitative estimate of drug-likeness (QED) is 0.0261. The third kappa shape index (κ3) is 35.4. The van der Waals surface area contributed by atoms with E-state index in [0.29, 0.717) is 6.42 Å². The van der Waals surface area contributed by atoms with Gasteiger partial charge in [0.05, 0.1) is 25.4 Å². The fourth-order valence-electron chi connectivity index (χ4n) is 8.11. The number of aliphatic hydroxyl groups is 5. The molecular weight excluding hydrogens is 815 g/mol. The molecule has 7 atom stereocenters. The number of aliphatic hydroxyl groups excluding tert-OH is 5. The summed E-state index contributed by atoms with van der Waals surface area (Å²) >= 11 is 0. The minimum atomic E-state index is -1.59. The SMILES string of the molecule is CC/C=C\C/C=C\C/C=C\C/C=C\C/C=C\CC(=O)NC(COC1OC(CO)C(O)C(O)C1O)C(O)/C=C/CCCCCCCCCCCCCCCCCCCCCCCCCCC. The zero-order valence-corrected chi connectivity index (χ0v) is 41.5. The number of rotatable bonds is 44. The summed E-state index contributed by atoms with van der Waals surface area (Å²) in [5.41, 5.74) is 0. The molecule has 0 aromatic rings. The summed E-state index contributed by atoms with van der Waals surface area (Å²) in [5, 5.41) is 54.2. The molecule has 0 aromatic carbocycles. The highest BCUT2D eigenvalue weighted by atomic mass is 16.7. The van der Waals surface area contributed by atoms with Gasteiger partial charge in [-0.15, -0.1) is 0 Å². The number of carbonyl (C=O) groups excluding carboxylic acids is 1. The van der Waals surface area contributed by atoms with E-state index in [1.807, 2.05) is 12.2 Å². The molecule has 376 valence electrons. The highest BCUT2D eigenvalue weighted by Gasteiger charge is 2.44. The molecule has 0 aromatic heterocycles. The second-order valence-corrected chi connectivity index (χ2v) is 18.3. The van der Waals surface area contributed by atoms with Crippen LogP contribution in [-0.2, 0) is 14.3 Å². The lowest BCUT2D eigenvalue weighted by Crippen LogP contribution is -2.60. The Labute approximate surface area is 398 Å². The number of unbranched alkanes of at least 4 members (excludes halogenated alkanes) is 25. The first-order chi connectivity index (χ1) is 31.8. The molecule has 1 aliphatic rings. The number of hydrogen-bond acceptors (Lipinski definition) is 8. The molecule has 0 saturated carbocycles. The molecule has 1 amide bonds. The molecule has 9 heteroatoms. The number of allylic oxidation sites excluding steroid dienone is 10. The van der Waals surface area contributed by atoms with E-state index < -0.39 is 49.5 Å². The lowest BCUT2D eigenvalue weighted by Gasteiger charge is -2.40. The lowest BCUT2D eigenvalue weighted by molar-refractivity contribution is -0.302. The van der Waals surface area contributed by atoms with E-state index in [9.17, 15) is 30.3 Å². The predicted molar refractivity (Wildman–Crippen MR) is 272 cm³/mol. The topological polar surface area (TPSA) is 149 Å². The molecule has 1 rings (SSSR count). The minimum absolute atomic E-state index is 0.111. The van der Waals surface area contributed by atoms with E-state index in [1.54, 1.807) is 12.2 Å². The molecule has 6 N–H and O–H groups in total. The first-order valence-corrected chi connectivity index (χ1v) is 26.7. The van der Waals surface area contributed by atoms with Crippen molar-refractivity contribution in [2.24, 2.45) is 0 Å². The average molecular weight is 914 g/mol. The maximum Gasteiger partial charge on any atom is 0.224 e. The van der Waals surface area contributed by atoms with Crippen molar-refractivity contribution in [1.29, 1.82) is 0 Å². The first-order valence-electron chi connectivity index (χ1n) is 26.7. The minimum Gasteiger partial charge on any atom is -0.394 e. The van der Waals surface area contributed by atoms with E-state index in [0.717, 1.165) is 44.9 Å². The van der Waals surface area contributed by atoms with Crippen molar-refractivity contribution in [1.82, 2.24) is 5.32 Å². The normalized spacial score (nSPS) is 20.5. The Balaban J connectivity index is 2.27. The van der Waals surface area contributed by atoms with Crippen LogP contribution in [0.2, 0.25) is 0 Å². The van der Waals surface area contributed by atoms with Crippen LogP contribution in [0.25, 0.3) is 0 Å². The Bertz CT molecular complexity index is 1240. The zero-order chi connectivity index (χ0) is 47.3. The van der Waals surface area contributed by atoms with Gasteiger partial charge >= 0.3 is 0 Å². The highest BCUT2D eigenvalue weighted by Crippen LogP contribution is 2.23. The number of carbonyl (C=O) groups is 1. The standard InChI is InChI=1S/C56H99NO8/c1-3-5-7-9-11-13-15-17-19-20-21-22-23-24-25-26-27-28-29-30-32-33-35-37-39-41-43-45-50(59)49(48-64-56-55(63)54(62)53(61)51(47-58)65-56)57-52(60)46-44-42-40-38-36-34-31-18-16-14-12-10-8-6-4-2/h6,8,12,14,18,31,36,38,42-45,49-51,53-56,58-59,61-63H,3-5,7,9-11,13,15-17,19-30,32-35,37,39-41,46-48H2,1-2H3,(H,57,60)/b8-6-,14-12-,31-18-,38-36-,44-42-,45-43+. The zero-order valence-electron chi connectivity index (χ0n) is 41.5. The van der Waals surface area contributed by atoms with Crippen molar-refractivity contribution >= 4 is 5.91 Å². The van der Waals surface area contributed by atoms with Crippen molar-refractivity contribution in [2.45, 2.75) is 262 Å². The van der Waals surface area contributed by atoms with Crippen LogP contribution in [0.5, 0.6) is 0 Å². The van der Waals surface area contributed by atoms with E-state index in [-0.39, 0.29) is 18.9 Å². The number of hydrogen-bond donors (Lipinski definition) is 6. The van der Waals surface area contributed by atoms with Gasteiger partial charge in [0.25, 0.3) is 0 Å². The maximum absolute atomic E-state index is 12.9. The molecule has 1 heterocycles. The van der Waals surface area contributed by atoms with Crippen molar-refractivity contribution in [3.05, 3.63) is 72.9 Å². The molecule has 0 bridgehead atoms. The third-order valence-corrected chi connectivity index (χ3v) is 12.3. The van der Waals surface area contributed by atoms with E-state index >= 15 is 0 Å². The van der Waals surface area contributed by atoms with Crippen LogP contribution in [-0.4, -0.2) is 87.5 Å². The third-order valence-electron chi connectivity index (χ3n) is 12.3. The molecule has 1 fully saturated rings. The Kier molecular flexibility index (Phi) is 42.4. The summed E-state index contributed by atoms with van der Waals surface area (Å²) in [4.78, 5) is 12.9. The maximum atomic E-state index is 12.9. The van der Waals surface area contributed by atoms with E-state index in [4.69, 9.17) is 9.47 Å². The number of ether oxygens (including phenoxy) is 2. The van der Waals surface area contributed by atoms with Gasteiger partial charge in [0, 0.05) is 6.42 Å². The molecule has 9 nitrogen and oxygen atoms in total. The largest absolute Gasteiger partial charge is 0.394 e. The summed E-state index contributed by atoms with van der Waals surface area (Å²) in [7, 11) is 0. The van der Waals surface area contributed by atoms with Gasteiger partial charge in [0.15, 0.2) is 6.29 Å². The smallest absolute Gasteiger partial charge is 0.224 e. The Morgan fingerprint density at radius 2 is 0.938 bits per heavy atom. The summed E-state index contributed by atoms with van der Waals surface area (Å²) in [6.07, 6.45) is 55.7. The highest BCUT2D eigenvalue weighted by molar-refractivity contribution is 5.77. The van der Waals surface area contributed by atoms with Crippen LogP contribution in [0.3, 0.4) is 0 Å². The molecule has 65 heavy (non-hydrogen) atoms. The van der Waals surface area contributed by atoms with Gasteiger partial charge in [-0.05, 0) is 44.9 Å². The van der Waals surface area contributed by atoms with Gasteiger partial charge in [-0.25, -0.2) is 0 Å². The van der Waals surface area contributed by atoms with Gasteiger partial charge in [0.2, 0.25) is 5.91 Å². The number of nitrogens with one attached hydrogen (secondary N) is 1. The van der Waals surface area contributed by atoms with Crippen LogP contribution < -0.4 is 5.32 Å². The molecule has 0 radical (unpaired) electrons. The Morgan fingerprint density at radius 3 is 1.35 bits per heavy atom. The van der Waals surface area contributed by atoms with Crippen molar-refractivity contribution < 1.29 is 39.8 Å². The van der Waals surface area contributed by atoms with Crippen molar-refractivity contribution in [2.75, 3.05) is 13.2 Å².